The minimum absolute atomic E-state index is 0.0160. The highest BCUT2D eigenvalue weighted by Crippen LogP contribution is 2.18. The summed E-state index contributed by atoms with van der Waals surface area (Å²) in [5, 5.41) is 11.2. The van der Waals surface area contributed by atoms with Crippen LogP contribution in [-0.4, -0.2) is 35.0 Å². The number of hydrogen-bond donors (Lipinski definition) is 2. The van der Waals surface area contributed by atoms with Crippen LogP contribution >= 0.6 is 11.8 Å². The third-order valence-corrected chi connectivity index (χ3v) is 3.67. The Kier molecular flexibility index (Phi) is 7.08. The number of carbonyl (C=O) groups is 2. The van der Waals surface area contributed by atoms with Crippen molar-refractivity contribution in [1.82, 2.24) is 5.32 Å². The molecule has 1 aromatic carbocycles. The molecular weight excluding hydrogens is 281 g/mol. The molecule has 1 unspecified atom stereocenters. The van der Waals surface area contributed by atoms with Crippen LogP contribution in [0.25, 0.3) is 0 Å². The number of halogens is 1. The van der Waals surface area contributed by atoms with E-state index in [1.165, 1.54) is 23.9 Å². The minimum atomic E-state index is -0.855. The molecule has 0 saturated carbocycles. The third kappa shape index (κ3) is 6.56. The maximum atomic E-state index is 12.8. The monoisotopic (exact) mass is 299 g/mol. The zero-order valence-corrected chi connectivity index (χ0v) is 12.1. The predicted molar refractivity (Wildman–Crippen MR) is 77.4 cm³/mol. The molecule has 4 nitrogen and oxygen atoms in total. The molecular formula is C14H18FNO3S. The molecule has 1 rings (SSSR count). The molecule has 1 aromatic rings. The van der Waals surface area contributed by atoms with E-state index in [1.54, 1.807) is 12.1 Å². The molecule has 1 atom stereocenters. The van der Waals surface area contributed by atoms with Crippen molar-refractivity contribution in [2.75, 3.05) is 18.1 Å². The van der Waals surface area contributed by atoms with Gasteiger partial charge in [0.1, 0.15) is 5.82 Å². The van der Waals surface area contributed by atoms with Gasteiger partial charge in [-0.25, -0.2) is 4.39 Å². The van der Waals surface area contributed by atoms with E-state index in [1.807, 2.05) is 6.92 Å². The summed E-state index contributed by atoms with van der Waals surface area (Å²) in [4.78, 5) is 22.0. The lowest BCUT2D eigenvalue weighted by Gasteiger charge is -2.12. The molecule has 2 N–H and O–H groups in total. The van der Waals surface area contributed by atoms with Crippen molar-refractivity contribution in [1.29, 1.82) is 0 Å². The van der Waals surface area contributed by atoms with Gasteiger partial charge in [-0.15, -0.1) is 11.8 Å². The molecule has 0 aliphatic heterocycles. The Balaban J connectivity index is 2.24. The Morgan fingerprint density at radius 1 is 1.35 bits per heavy atom. The second kappa shape index (κ2) is 8.58. The lowest BCUT2D eigenvalue weighted by atomic mass is 9.97. The number of thioether (sulfide) groups is 1. The van der Waals surface area contributed by atoms with Crippen LogP contribution in [-0.2, 0) is 9.59 Å². The van der Waals surface area contributed by atoms with Crippen LogP contribution in [0.2, 0.25) is 0 Å². The fourth-order valence-corrected chi connectivity index (χ4v) is 2.25. The van der Waals surface area contributed by atoms with Gasteiger partial charge in [0.2, 0.25) is 5.91 Å². The standard InChI is InChI=1S/C14H18FNO3S/c1-10(11-2-4-12(15)5-3-11)8-13(17)16-6-7-20-9-14(18)19/h2-5,10H,6-9H2,1H3,(H,16,17)(H,18,19). The number of hydrogen-bond acceptors (Lipinski definition) is 3. The number of carboxylic acid groups (broad SMARTS) is 1. The summed E-state index contributed by atoms with van der Waals surface area (Å²) in [5.41, 5.74) is 0.918. The number of amides is 1. The summed E-state index contributed by atoms with van der Waals surface area (Å²) in [6.07, 6.45) is 0.329. The molecule has 0 aromatic heterocycles. The minimum Gasteiger partial charge on any atom is -0.481 e. The highest BCUT2D eigenvalue weighted by molar-refractivity contribution is 7.99. The first-order valence-electron chi connectivity index (χ1n) is 6.30. The number of benzene rings is 1. The molecule has 0 spiro atoms. The van der Waals surface area contributed by atoms with Gasteiger partial charge in [0.05, 0.1) is 5.75 Å². The van der Waals surface area contributed by atoms with Crippen LogP contribution < -0.4 is 5.32 Å². The van der Waals surface area contributed by atoms with E-state index in [2.05, 4.69) is 5.32 Å². The second-order valence-electron chi connectivity index (χ2n) is 4.45. The van der Waals surface area contributed by atoms with E-state index in [0.717, 1.165) is 5.56 Å². The van der Waals surface area contributed by atoms with Crippen LogP contribution in [0.1, 0.15) is 24.8 Å². The van der Waals surface area contributed by atoms with Gasteiger partial charge in [-0.3, -0.25) is 9.59 Å². The van der Waals surface area contributed by atoms with E-state index in [0.29, 0.717) is 18.7 Å². The first kappa shape index (κ1) is 16.5. The normalized spacial score (nSPS) is 11.9. The Hall–Kier alpha value is -1.56. The average molecular weight is 299 g/mol. The SMILES string of the molecule is CC(CC(=O)NCCSCC(=O)O)c1ccc(F)cc1. The Morgan fingerprint density at radius 2 is 2.00 bits per heavy atom. The van der Waals surface area contributed by atoms with Crippen molar-refractivity contribution in [3.63, 3.8) is 0 Å². The predicted octanol–water partition coefficient (Wildman–Crippen LogP) is 2.25. The average Bonchev–Trinajstić information content (AvgIpc) is 2.38. The highest BCUT2D eigenvalue weighted by Gasteiger charge is 2.11. The van der Waals surface area contributed by atoms with E-state index in [4.69, 9.17) is 5.11 Å². The summed E-state index contributed by atoms with van der Waals surface area (Å²) < 4.78 is 12.8. The molecule has 0 saturated heterocycles. The van der Waals surface area contributed by atoms with Crippen molar-refractivity contribution in [3.8, 4) is 0 Å². The summed E-state index contributed by atoms with van der Waals surface area (Å²) in [5.74, 6) is -0.600. The van der Waals surface area contributed by atoms with Gasteiger partial charge in [-0.1, -0.05) is 19.1 Å². The third-order valence-electron chi connectivity index (χ3n) is 2.72. The van der Waals surface area contributed by atoms with Gasteiger partial charge in [0.15, 0.2) is 0 Å². The number of carbonyl (C=O) groups excluding carboxylic acids is 1. The smallest absolute Gasteiger partial charge is 0.313 e. The van der Waals surface area contributed by atoms with Crippen molar-refractivity contribution >= 4 is 23.6 Å². The number of carboxylic acids is 1. The van der Waals surface area contributed by atoms with Crippen LogP contribution in [0.5, 0.6) is 0 Å². The Bertz CT molecular complexity index is 450. The zero-order valence-electron chi connectivity index (χ0n) is 11.3. The largest absolute Gasteiger partial charge is 0.481 e. The topological polar surface area (TPSA) is 66.4 Å². The number of aliphatic carboxylic acids is 1. The summed E-state index contributed by atoms with van der Waals surface area (Å²) >= 11 is 1.26. The van der Waals surface area contributed by atoms with E-state index >= 15 is 0 Å². The van der Waals surface area contributed by atoms with Crippen molar-refractivity contribution < 1.29 is 19.1 Å². The van der Waals surface area contributed by atoms with Gasteiger partial charge in [0, 0.05) is 18.7 Å². The maximum absolute atomic E-state index is 12.8. The molecule has 0 fully saturated rings. The quantitative estimate of drug-likeness (QED) is 0.723. The van der Waals surface area contributed by atoms with E-state index in [-0.39, 0.29) is 23.4 Å². The molecule has 20 heavy (non-hydrogen) atoms. The fourth-order valence-electron chi connectivity index (χ4n) is 1.68. The lowest BCUT2D eigenvalue weighted by molar-refractivity contribution is -0.133. The van der Waals surface area contributed by atoms with Gasteiger partial charge < -0.3 is 10.4 Å². The number of rotatable bonds is 8. The number of nitrogens with one attached hydrogen (secondary N) is 1. The molecule has 0 aliphatic rings. The van der Waals surface area contributed by atoms with Crippen LogP contribution in [0, 0.1) is 5.82 Å². The fraction of sp³-hybridized carbons (Fsp3) is 0.429. The van der Waals surface area contributed by atoms with Crippen LogP contribution in [0.4, 0.5) is 4.39 Å². The molecule has 6 heteroatoms. The van der Waals surface area contributed by atoms with Gasteiger partial charge in [-0.2, -0.15) is 0 Å². The Morgan fingerprint density at radius 3 is 2.60 bits per heavy atom. The van der Waals surface area contributed by atoms with Crippen LogP contribution in [0.15, 0.2) is 24.3 Å². The van der Waals surface area contributed by atoms with Crippen molar-refractivity contribution in [2.45, 2.75) is 19.3 Å². The molecule has 0 aliphatic carbocycles. The molecule has 1 amide bonds. The highest BCUT2D eigenvalue weighted by atomic mass is 32.2. The van der Waals surface area contributed by atoms with E-state index < -0.39 is 5.97 Å². The molecule has 0 bridgehead atoms. The summed E-state index contributed by atoms with van der Waals surface area (Å²) in [6, 6.07) is 6.12. The van der Waals surface area contributed by atoms with Crippen molar-refractivity contribution in [3.05, 3.63) is 35.6 Å². The lowest BCUT2D eigenvalue weighted by Crippen LogP contribution is -2.27. The zero-order chi connectivity index (χ0) is 15.0. The second-order valence-corrected chi connectivity index (χ2v) is 5.56. The maximum Gasteiger partial charge on any atom is 0.313 e. The molecule has 0 radical (unpaired) electrons. The molecule has 110 valence electrons. The van der Waals surface area contributed by atoms with Gasteiger partial charge in [-0.05, 0) is 23.6 Å². The van der Waals surface area contributed by atoms with Crippen molar-refractivity contribution in [2.24, 2.45) is 0 Å². The first-order valence-corrected chi connectivity index (χ1v) is 7.46. The summed E-state index contributed by atoms with van der Waals surface area (Å²) in [6.45, 7) is 2.36. The summed E-state index contributed by atoms with van der Waals surface area (Å²) in [7, 11) is 0. The van der Waals surface area contributed by atoms with Gasteiger partial charge >= 0.3 is 5.97 Å². The molecule has 0 heterocycles. The first-order chi connectivity index (χ1) is 9.49. The van der Waals surface area contributed by atoms with Crippen LogP contribution in [0.3, 0.4) is 0 Å². The van der Waals surface area contributed by atoms with E-state index in [9.17, 15) is 14.0 Å². The van der Waals surface area contributed by atoms with Gasteiger partial charge in [0.25, 0.3) is 0 Å². The Labute approximate surface area is 121 Å².